The van der Waals surface area contributed by atoms with Crippen LogP contribution in [0.15, 0.2) is 28.7 Å². The summed E-state index contributed by atoms with van der Waals surface area (Å²) in [4.78, 5) is 0. The highest BCUT2D eigenvalue weighted by Gasteiger charge is 2.22. The largest absolute Gasteiger partial charge is 0.323 e. The molecule has 0 amide bonds. The highest BCUT2D eigenvalue weighted by atomic mass is 79.9. The minimum absolute atomic E-state index is 0.140. The first-order valence-corrected chi connectivity index (χ1v) is 5.76. The van der Waals surface area contributed by atoms with Gasteiger partial charge in [0.05, 0.1) is 12.0 Å². The summed E-state index contributed by atoms with van der Waals surface area (Å²) < 4.78 is 0.996. The Bertz CT molecular complexity index is 368. The summed E-state index contributed by atoms with van der Waals surface area (Å²) in [6, 6.07) is 9.88. The van der Waals surface area contributed by atoms with Gasteiger partial charge in [-0.05, 0) is 23.6 Å². The van der Waals surface area contributed by atoms with Gasteiger partial charge in [0.25, 0.3) is 0 Å². The SMILES string of the molecule is CC(C)C(C#N)C(N)c1cccc(Br)c1. The third kappa shape index (κ3) is 3.05. The van der Waals surface area contributed by atoms with Gasteiger partial charge >= 0.3 is 0 Å². The first-order valence-electron chi connectivity index (χ1n) is 4.97. The van der Waals surface area contributed by atoms with Crippen molar-refractivity contribution >= 4 is 15.9 Å². The molecule has 2 N–H and O–H groups in total. The maximum absolute atomic E-state index is 9.06. The summed E-state index contributed by atoms with van der Waals surface area (Å²) in [6.45, 7) is 4.04. The van der Waals surface area contributed by atoms with E-state index in [-0.39, 0.29) is 17.9 Å². The Kier molecular flexibility index (Phi) is 4.31. The van der Waals surface area contributed by atoms with E-state index in [2.05, 4.69) is 22.0 Å². The molecular formula is C12H15BrN2. The van der Waals surface area contributed by atoms with Gasteiger partial charge in [0.1, 0.15) is 0 Å². The zero-order valence-corrected chi connectivity index (χ0v) is 10.5. The quantitative estimate of drug-likeness (QED) is 0.913. The number of hydrogen-bond acceptors (Lipinski definition) is 2. The third-order valence-electron chi connectivity index (χ3n) is 2.49. The Morgan fingerprint density at radius 2 is 2.07 bits per heavy atom. The fraction of sp³-hybridized carbons (Fsp3) is 0.417. The number of nitriles is 1. The lowest BCUT2D eigenvalue weighted by Gasteiger charge is -2.21. The van der Waals surface area contributed by atoms with Crippen molar-refractivity contribution < 1.29 is 0 Å². The monoisotopic (exact) mass is 266 g/mol. The van der Waals surface area contributed by atoms with Crippen LogP contribution in [0.2, 0.25) is 0 Å². The molecule has 2 atom stereocenters. The van der Waals surface area contributed by atoms with E-state index in [9.17, 15) is 0 Å². The second-order valence-corrected chi connectivity index (χ2v) is 4.90. The zero-order valence-electron chi connectivity index (χ0n) is 8.94. The minimum atomic E-state index is -0.215. The number of nitrogens with two attached hydrogens (primary N) is 1. The van der Waals surface area contributed by atoms with Crippen molar-refractivity contribution in [3.05, 3.63) is 34.3 Å². The van der Waals surface area contributed by atoms with Crippen LogP contribution in [0, 0.1) is 23.2 Å². The summed E-state index contributed by atoms with van der Waals surface area (Å²) in [5.41, 5.74) is 7.08. The number of hydrogen-bond donors (Lipinski definition) is 1. The third-order valence-corrected chi connectivity index (χ3v) is 2.98. The molecule has 0 radical (unpaired) electrons. The van der Waals surface area contributed by atoms with Gasteiger partial charge in [0, 0.05) is 10.5 Å². The first-order chi connectivity index (χ1) is 7.06. The lowest BCUT2D eigenvalue weighted by molar-refractivity contribution is 0.403. The van der Waals surface area contributed by atoms with E-state index in [4.69, 9.17) is 11.0 Å². The molecule has 2 nitrogen and oxygen atoms in total. The van der Waals surface area contributed by atoms with Crippen molar-refractivity contribution in [2.75, 3.05) is 0 Å². The average molecular weight is 267 g/mol. The van der Waals surface area contributed by atoms with Crippen LogP contribution < -0.4 is 5.73 Å². The Hall–Kier alpha value is -0.850. The molecule has 0 aliphatic carbocycles. The molecule has 0 saturated carbocycles. The molecule has 1 aromatic carbocycles. The van der Waals surface area contributed by atoms with Gasteiger partial charge in [-0.1, -0.05) is 41.9 Å². The van der Waals surface area contributed by atoms with Gasteiger partial charge in [-0.2, -0.15) is 5.26 Å². The highest BCUT2D eigenvalue weighted by molar-refractivity contribution is 9.10. The van der Waals surface area contributed by atoms with Crippen molar-refractivity contribution in [2.24, 2.45) is 17.6 Å². The van der Waals surface area contributed by atoms with E-state index in [0.717, 1.165) is 10.0 Å². The molecule has 0 aliphatic rings. The van der Waals surface area contributed by atoms with Crippen molar-refractivity contribution in [1.29, 1.82) is 5.26 Å². The second kappa shape index (κ2) is 5.29. The molecule has 1 rings (SSSR count). The molecule has 1 aromatic rings. The van der Waals surface area contributed by atoms with Gasteiger partial charge in [-0.15, -0.1) is 0 Å². The van der Waals surface area contributed by atoms with Crippen LogP contribution in [-0.4, -0.2) is 0 Å². The van der Waals surface area contributed by atoms with Crippen LogP contribution >= 0.6 is 15.9 Å². The number of benzene rings is 1. The second-order valence-electron chi connectivity index (χ2n) is 3.98. The van der Waals surface area contributed by atoms with Crippen LogP contribution in [0.5, 0.6) is 0 Å². The average Bonchev–Trinajstić information content (AvgIpc) is 2.18. The van der Waals surface area contributed by atoms with E-state index >= 15 is 0 Å². The molecule has 0 heterocycles. The van der Waals surface area contributed by atoms with E-state index in [1.807, 2.05) is 38.1 Å². The molecule has 0 aromatic heterocycles. The van der Waals surface area contributed by atoms with Gasteiger partial charge < -0.3 is 5.73 Å². The summed E-state index contributed by atoms with van der Waals surface area (Å²) in [6.07, 6.45) is 0. The fourth-order valence-corrected chi connectivity index (χ4v) is 1.98. The van der Waals surface area contributed by atoms with Gasteiger partial charge in [-0.3, -0.25) is 0 Å². The number of nitrogens with zero attached hydrogens (tertiary/aromatic N) is 1. The Labute approximate surface area is 99.2 Å². The van der Waals surface area contributed by atoms with Crippen LogP contribution in [-0.2, 0) is 0 Å². The summed E-state index contributed by atoms with van der Waals surface area (Å²) >= 11 is 3.40. The van der Waals surface area contributed by atoms with E-state index in [1.165, 1.54) is 0 Å². The number of halogens is 1. The Morgan fingerprint density at radius 3 is 2.53 bits per heavy atom. The predicted octanol–water partition coefficient (Wildman–Crippen LogP) is 3.24. The van der Waals surface area contributed by atoms with Gasteiger partial charge in [-0.25, -0.2) is 0 Å². The summed E-state index contributed by atoms with van der Waals surface area (Å²) in [5, 5.41) is 9.06. The number of rotatable bonds is 3. The molecule has 0 bridgehead atoms. The minimum Gasteiger partial charge on any atom is -0.323 e. The lowest BCUT2D eigenvalue weighted by atomic mass is 9.86. The van der Waals surface area contributed by atoms with Crippen LogP contribution in [0.4, 0.5) is 0 Å². The topological polar surface area (TPSA) is 49.8 Å². The van der Waals surface area contributed by atoms with E-state index in [1.54, 1.807) is 0 Å². The molecule has 0 spiro atoms. The maximum Gasteiger partial charge on any atom is 0.0679 e. The molecular weight excluding hydrogens is 252 g/mol. The smallest absolute Gasteiger partial charge is 0.0679 e. The predicted molar refractivity (Wildman–Crippen MR) is 65.0 cm³/mol. The van der Waals surface area contributed by atoms with Crippen LogP contribution in [0.1, 0.15) is 25.5 Å². The summed E-state index contributed by atoms with van der Waals surface area (Å²) in [7, 11) is 0. The summed E-state index contributed by atoms with van der Waals surface area (Å²) in [5.74, 6) is 0.128. The van der Waals surface area contributed by atoms with Crippen molar-refractivity contribution in [3.63, 3.8) is 0 Å². The van der Waals surface area contributed by atoms with Crippen LogP contribution in [0.25, 0.3) is 0 Å². The van der Waals surface area contributed by atoms with Crippen molar-refractivity contribution in [3.8, 4) is 6.07 Å². The normalized spacial score (nSPS) is 14.7. The van der Waals surface area contributed by atoms with Crippen molar-refractivity contribution in [1.82, 2.24) is 0 Å². The zero-order chi connectivity index (χ0) is 11.4. The highest BCUT2D eigenvalue weighted by Crippen LogP contribution is 2.26. The Morgan fingerprint density at radius 1 is 1.40 bits per heavy atom. The lowest BCUT2D eigenvalue weighted by Crippen LogP contribution is -2.24. The van der Waals surface area contributed by atoms with E-state index in [0.29, 0.717) is 0 Å². The maximum atomic E-state index is 9.06. The molecule has 0 aliphatic heterocycles. The molecule has 15 heavy (non-hydrogen) atoms. The van der Waals surface area contributed by atoms with Gasteiger partial charge in [0.2, 0.25) is 0 Å². The Balaban J connectivity index is 2.93. The molecule has 2 unspecified atom stereocenters. The molecule has 3 heteroatoms. The molecule has 0 fully saturated rings. The standard InChI is InChI=1S/C12H15BrN2/c1-8(2)11(7-14)12(15)9-4-3-5-10(13)6-9/h3-6,8,11-12H,15H2,1-2H3. The first kappa shape index (κ1) is 12.2. The van der Waals surface area contributed by atoms with E-state index < -0.39 is 0 Å². The fourth-order valence-electron chi connectivity index (χ4n) is 1.57. The van der Waals surface area contributed by atoms with Crippen LogP contribution in [0.3, 0.4) is 0 Å². The van der Waals surface area contributed by atoms with Crippen molar-refractivity contribution in [2.45, 2.75) is 19.9 Å². The van der Waals surface area contributed by atoms with Gasteiger partial charge in [0.15, 0.2) is 0 Å². The molecule has 80 valence electrons. The molecule has 0 saturated heterocycles.